The Hall–Kier alpha value is -0.930. The second kappa shape index (κ2) is 4.75. The standard InChI is InChI=1S/C14H21FN2/c1-14(2,16)10-17-7-6-12(9-17)11-4-3-5-13(15)8-11/h3-5,8,12H,6-7,9-10,16H2,1-2H3. The highest BCUT2D eigenvalue weighted by molar-refractivity contribution is 5.22. The number of nitrogens with zero attached hydrogens (tertiary/aromatic N) is 1. The summed E-state index contributed by atoms with van der Waals surface area (Å²) in [6.45, 7) is 7.04. The van der Waals surface area contributed by atoms with Gasteiger partial charge in [-0.25, -0.2) is 4.39 Å². The number of nitrogens with two attached hydrogens (primary N) is 1. The summed E-state index contributed by atoms with van der Waals surface area (Å²) in [7, 11) is 0. The first-order valence-electron chi connectivity index (χ1n) is 6.21. The lowest BCUT2D eigenvalue weighted by atomic mass is 9.98. The summed E-state index contributed by atoms with van der Waals surface area (Å²) in [5.41, 5.74) is 6.98. The van der Waals surface area contributed by atoms with E-state index in [1.807, 2.05) is 19.9 Å². The van der Waals surface area contributed by atoms with Crippen LogP contribution in [0.5, 0.6) is 0 Å². The Morgan fingerprint density at radius 1 is 1.47 bits per heavy atom. The third-order valence-electron chi connectivity index (χ3n) is 3.22. The Labute approximate surface area is 103 Å². The zero-order valence-corrected chi connectivity index (χ0v) is 10.6. The minimum absolute atomic E-state index is 0.139. The molecule has 0 radical (unpaired) electrons. The molecule has 1 aliphatic rings. The third kappa shape index (κ3) is 3.51. The van der Waals surface area contributed by atoms with Gasteiger partial charge in [0.2, 0.25) is 0 Å². The molecule has 1 heterocycles. The Bertz CT molecular complexity index is 384. The van der Waals surface area contributed by atoms with Crippen molar-refractivity contribution in [3.05, 3.63) is 35.6 Å². The van der Waals surface area contributed by atoms with Gasteiger partial charge in [-0.05, 0) is 50.4 Å². The highest BCUT2D eigenvalue weighted by Crippen LogP contribution is 2.28. The van der Waals surface area contributed by atoms with E-state index in [2.05, 4.69) is 4.90 Å². The number of benzene rings is 1. The fourth-order valence-electron chi connectivity index (χ4n) is 2.59. The number of likely N-dealkylation sites (tertiary alicyclic amines) is 1. The fraction of sp³-hybridized carbons (Fsp3) is 0.571. The highest BCUT2D eigenvalue weighted by atomic mass is 19.1. The van der Waals surface area contributed by atoms with Crippen LogP contribution in [0.3, 0.4) is 0 Å². The van der Waals surface area contributed by atoms with Gasteiger partial charge in [0.1, 0.15) is 5.82 Å². The zero-order valence-electron chi connectivity index (χ0n) is 10.6. The second-order valence-corrected chi connectivity index (χ2v) is 5.76. The van der Waals surface area contributed by atoms with Gasteiger partial charge in [-0.2, -0.15) is 0 Å². The molecule has 1 fully saturated rings. The molecular formula is C14H21FN2. The fourth-order valence-corrected chi connectivity index (χ4v) is 2.59. The molecule has 1 atom stereocenters. The Morgan fingerprint density at radius 3 is 2.88 bits per heavy atom. The van der Waals surface area contributed by atoms with Gasteiger partial charge in [0.25, 0.3) is 0 Å². The van der Waals surface area contributed by atoms with Crippen LogP contribution in [0.4, 0.5) is 4.39 Å². The van der Waals surface area contributed by atoms with E-state index in [9.17, 15) is 4.39 Å². The van der Waals surface area contributed by atoms with E-state index in [0.29, 0.717) is 5.92 Å². The molecule has 0 amide bonds. The molecule has 17 heavy (non-hydrogen) atoms. The lowest BCUT2D eigenvalue weighted by Crippen LogP contribution is -2.44. The van der Waals surface area contributed by atoms with Crippen molar-refractivity contribution in [3.8, 4) is 0 Å². The topological polar surface area (TPSA) is 29.3 Å². The molecule has 2 N–H and O–H groups in total. The first-order chi connectivity index (χ1) is 7.94. The Balaban J connectivity index is 1.98. The average Bonchev–Trinajstić information content (AvgIpc) is 2.63. The molecule has 94 valence electrons. The van der Waals surface area contributed by atoms with Gasteiger partial charge in [-0.15, -0.1) is 0 Å². The van der Waals surface area contributed by atoms with Crippen LogP contribution in [-0.2, 0) is 0 Å². The van der Waals surface area contributed by atoms with Crippen LogP contribution >= 0.6 is 0 Å². The summed E-state index contributed by atoms with van der Waals surface area (Å²) >= 11 is 0. The molecule has 0 saturated carbocycles. The van der Waals surface area contributed by atoms with Crippen molar-refractivity contribution in [3.63, 3.8) is 0 Å². The minimum atomic E-state index is -0.156. The van der Waals surface area contributed by atoms with Gasteiger partial charge in [0.15, 0.2) is 0 Å². The predicted octanol–water partition coefficient (Wildman–Crippen LogP) is 2.35. The minimum Gasteiger partial charge on any atom is -0.324 e. The van der Waals surface area contributed by atoms with E-state index in [1.165, 1.54) is 6.07 Å². The lowest BCUT2D eigenvalue weighted by Gasteiger charge is -2.26. The maximum Gasteiger partial charge on any atom is 0.123 e. The van der Waals surface area contributed by atoms with Crippen molar-refractivity contribution in [2.75, 3.05) is 19.6 Å². The molecule has 0 spiro atoms. The zero-order chi connectivity index (χ0) is 12.5. The normalized spacial score (nSPS) is 22.0. The van der Waals surface area contributed by atoms with Crippen LogP contribution in [0.15, 0.2) is 24.3 Å². The second-order valence-electron chi connectivity index (χ2n) is 5.76. The number of hydrogen-bond acceptors (Lipinski definition) is 2. The summed E-state index contributed by atoms with van der Waals surface area (Å²) in [6.07, 6.45) is 1.10. The first-order valence-corrected chi connectivity index (χ1v) is 6.21. The summed E-state index contributed by atoms with van der Waals surface area (Å²) in [5, 5.41) is 0. The maximum absolute atomic E-state index is 13.2. The predicted molar refractivity (Wildman–Crippen MR) is 68.5 cm³/mol. The maximum atomic E-state index is 13.2. The molecule has 1 saturated heterocycles. The van der Waals surface area contributed by atoms with Gasteiger partial charge in [0, 0.05) is 18.6 Å². The molecule has 2 nitrogen and oxygen atoms in total. The summed E-state index contributed by atoms with van der Waals surface area (Å²) < 4.78 is 13.2. The van der Waals surface area contributed by atoms with Crippen molar-refractivity contribution in [1.82, 2.24) is 4.90 Å². The number of halogens is 1. The van der Waals surface area contributed by atoms with E-state index in [4.69, 9.17) is 5.73 Å². The van der Waals surface area contributed by atoms with E-state index in [1.54, 1.807) is 12.1 Å². The van der Waals surface area contributed by atoms with E-state index in [-0.39, 0.29) is 11.4 Å². The van der Waals surface area contributed by atoms with Crippen molar-refractivity contribution in [2.24, 2.45) is 5.73 Å². The molecule has 2 rings (SSSR count). The Morgan fingerprint density at radius 2 is 2.24 bits per heavy atom. The van der Waals surface area contributed by atoms with Crippen molar-refractivity contribution in [2.45, 2.75) is 31.7 Å². The summed E-state index contributed by atoms with van der Waals surface area (Å²) in [6, 6.07) is 6.96. The van der Waals surface area contributed by atoms with Crippen LogP contribution in [0, 0.1) is 5.82 Å². The van der Waals surface area contributed by atoms with Gasteiger partial charge >= 0.3 is 0 Å². The molecule has 1 aromatic carbocycles. The summed E-state index contributed by atoms with van der Waals surface area (Å²) in [4.78, 5) is 2.37. The Kier molecular flexibility index (Phi) is 3.50. The van der Waals surface area contributed by atoms with Crippen LogP contribution in [-0.4, -0.2) is 30.1 Å². The van der Waals surface area contributed by atoms with Gasteiger partial charge in [0.05, 0.1) is 0 Å². The summed E-state index contributed by atoms with van der Waals surface area (Å²) in [5.74, 6) is 0.313. The SMILES string of the molecule is CC(C)(N)CN1CCC(c2cccc(F)c2)C1. The molecule has 0 bridgehead atoms. The third-order valence-corrected chi connectivity index (χ3v) is 3.22. The number of rotatable bonds is 3. The van der Waals surface area contributed by atoms with E-state index in [0.717, 1.165) is 31.6 Å². The van der Waals surface area contributed by atoms with Gasteiger partial charge in [-0.1, -0.05) is 12.1 Å². The molecule has 1 aliphatic heterocycles. The largest absolute Gasteiger partial charge is 0.324 e. The molecule has 0 aliphatic carbocycles. The van der Waals surface area contributed by atoms with Crippen molar-refractivity contribution < 1.29 is 4.39 Å². The van der Waals surface area contributed by atoms with Crippen LogP contribution < -0.4 is 5.73 Å². The van der Waals surface area contributed by atoms with Crippen LogP contribution in [0.25, 0.3) is 0 Å². The van der Waals surface area contributed by atoms with Gasteiger partial charge in [-0.3, -0.25) is 0 Å². The molecule has 3 heteroatoms. The molecular weight excluding hydrogens is 215 g/mol. The average molecular weight is 236 g/mol. The number of hydrogen-bond donors (Lipinski definition) is 1. The van der Waals surface area contributed by atoms with E-state index >= 15 is 0 Å². The van der Waals surface area contributed by atoms with Crippen LogP contribution in [0.2, 0.25) is 0 Å². The first kappa shape index (κ1) is 12.5. The monoisotopic (exact) mass is 236 g/mol. The van der Waals surface area contributed by atoms with E-state index < -0.39 is 0 Å². The smallest absolute Gasteiger partial charge is 0.123 e. The van der Waals surface area contributed by atoms with Crippen molar-refractivity contribution >= 4 is 0 Å². The molecule has 1 aromatic rings. The highest BCUT2D eigenvalue weighted by Gasteiger charge is 2.27. The van der Waals surface area contributed by atoms with Gasteiger partial charge < -0.3 is 10.6 Å². The lowest BCUT2D eigenvalue weighted by molar-refractivity contribution is 0.268. The molecule has 0 aromatic heterocycles. The van der Waals surface area contributed by atoms with Crippen LogP contribution in [0.1, 0.15) is 31.7 Å². The molecule has 1 unspecified atom stereocenters. The quantitative estimate of drug-likeness (QED) is 0.873. The van der Waals surface area contributed by atoms with Crippen molar-refractivity contribution in [1.29, 1.82) is 0 Å².